The van der Waals surface area contributed by atoms with E-state index in [1.54, 1.807) is 12.3 Å². The highest BCUT2D eigenvalue weighted by Crippen LogP contribution is 2.43. The summed E-state index contributed by atoms with van der Waals surface area (Å²) >= 11 is 4.12. The number of aromatic nitrogens is 2. The van der Waals surface area contributed by atoms with Gasteiger partial charge in [0.1, 0.15) is 17.4 Å². The topological polar surface area (TPSA) is 78.8 Å². The first-order valence-corrected chi connectivity index (χ1v) is 8.28. The number of aromatic amines is 1. The third kappa shape index (κ3) is 3.42. The molecule has 0 radical (unpaired) electrons. The molecule has 126 valence electrons. The fraction of sp³-hybridized carbons (Fsp3) is 0.214. The summed E-state index contributed by atoms with van der Waals surface area (Å²) in [5.74, 6) is -0.389. The largest absolute Gasteiger partial charge is 0.495 e. The van der Waals surface area contributed by atoms with Crippen LogP contribution in [0.15, 0.2) is 26.6 Å². The highest BCUT2D eigenvalue weighted by Gasteiger charge is 2.36. The molecule has 1 aromatic heterocycles. The Morgan fingerprint density at radius 1 is 1.42 bits per heavy atom. The van der Waals surface area contributed by atoms with Crippen LogP contribution >= 0.6 is 27.7 Å². The lowest BCUT2D eigenvalue weighted by molar-refractivity contribution is -0.138. The van der Waals surface area contributed by atoms with E-state index in [1.807, 2.05) is 0 Å². The normalized spacial score (nSPS) is 11.2. The zero-order chi connectivity index (χ0) is 18.1. The summed E-state index contributed by atoms with van der Waals surface area (Å²) in [6.07, 6.45) is -3.04. The summed E-state index contributed by atoms with van der Waals surface area (Å²) in [6, 6.07) is 3.80. The third-order valence-electron chi connectivity index (χ3n) is 3.03. The van der Waals surface area contributed by atoms with Gasteiger partial charge in [-0.05, 0) is 34.3 Å². The van der Waals surface area contributed by atoms with E-state index >= 15 is 0 Å². The molecule has 24 heavy (non-hydrogen) atoms. The average Bonchev–Trinajstić information content (AvgIpc) is 2.52. The van der Waals surface area contributed by atoms with E-state index in [4.69, 9.17) is 10.00 Å². The second kappa shape index (κ2) is 6.86. The monoisotopic (exact) mass is 419 g/mol. The second-order valence-electron chi connectivity index (χ2n) is 4.45. The van der Waals surface area contributed by atoms with Gasteiger partial charge in [-0.25, -0.2) is 4.98 Å². The number of benzene rings is 1. The summed E-state index contributed by atoms with van der Waals surface area (Å²) in [5.41, 5.74) is -2.26. The van der Waals surface area contributed by atoms with Crippen LogP contribution in [0, 0.1) is 11.3 Å². The van der Waals surface area contributed by atoms with Crippen LogP contribution in [0.4, 0.5) is 13.2 Å². The number of methoxy groups -OCH3 is 1. The highest BCUT2D eigenvalue weighted by atomic mass is 79.9. The van der Waals surface area contributed by atoms with Crippen molar-refractivity contribution in [2.45, 2.75) is 11.3 Å². The quantitative estimate of drug-likeness (QED) is 0.604. The molecule has 0 amide bonds. The molecular weight excluding hydrogens is 411 g/mol. The van der Waals surface area contributed by atoms with Gasteiger partial charge in [-0.15, -0.1) is 0 Å². The van der Waals surface area contributed by atoms with Gasteiger partial charge in [-0.2, -0.15) is 18.4 Å². The molecule has 0 aliphatic heterocycles. The molecule has 0 spiro atoms. The molecule has 0 fully saturated rings. The van der Waals surface area contributed by atoms with Crippen LogP contribution in [0.1, 0.15) is 11.1 Å². The molecule has 0 aliphatic carbocycles. The zero-order valence-electron chi connectivity index (χ0n) is 12.3. The van der Waals surface area contributed by atoms with Gasteiger partial charge in [0.15, 0.2) is 5.16 Å². The Kier molecular flexibility index (Phi) is 5.25. The lowest BCUT2D eigenvalue weighted by Gasteiger charge is -2.15. The van der Waals surface area contributed by atoms with E-state index in [0.29, 0.717) is 0 Å². The summed E-state index contributed by atoms with van der Waals surface area (Å²) in [5, 5.41) is 9.34. The van der Waals surface area contributed by atoms with Gasteiger partial charge in [0.25, 0.3) is 5.56 Å². The predicted molar refractivity (Wildman–Crippen MR) is 86.0 cm³/mol. The van der Waals surface area contributed by atoms with Gasteiger partial charge in [-0.3, -0.25) is 4.79 Å². The average molecular weight is 420 g/mol. The lowest BCUT2D eigenvalue weighted by atomic mass is 10.0. The Balaban J connectivity index is 2.84. The van der Waals surface area contributed by atoms with E-state index in [1.165, 1.54) is 6.07 Å². The summed E-state index contributed by atoms with van der Waals surface area (Å²) in [7, 11) is 1.12. The fourth-order valence-electron chi connectivity index (χ4n) is 2.01. The van der Waals surface area contributed by atoms with E-state index in [-0.39, 0.29) is 32.2 Å². The molecule has 1 N–H and O–H groups in total. The van der Waals surface area contributed by atoms with E-state index in [2.05, 4.69) is 25.9 Å². The maximum absolute atomic E-state index is 13.3. The lowest BCUT2D eigenvalue weighted by Crippen LogP contribution is -2.15. The molecule has 2 aromatic rings. The number of halogens is 4. The van der Waals surface area contributed by atoms with Crippen molar-refractivity contribution in [2.75, 3.05) is 13.4 Å². The van der Waals surface area contributed by atoms with Crippen molar-refractivity contribution >= 4 is 27.7 Å². The Bertz CT molecular complexity index is 891. The third-order valence-corrected chi connectivity index (χ3v) is 4.20. The molecule has 5 nitrogen and oxygen atoms in total. The second-order valence-corrected chi connectivity index (χ2v) is 6.10. The summed E-state index contributed by atoms with van der Waals surface area (Å²) in [6.45, 7) is 0. The van der Waals surface area contributed by atoms with Crippen molar-refractivity contribution in [1.82, 2.24) is 9.97 Å². The number of ether oxygens (including phenoxy) is 1. The molecule has 0 atom stereocenters. The molecule has 0 aliphatic rings. The number of hydrogen-bond donors (Lipinski definition) is 1. The molecule has 0 unspecified atom stereocenters. The number of alkyl halides is 3. The van der Waals surface area contributed by atoms with Gasteiger partial charge in [0, 0.05) is 5.56 Å². The van der Waals surface area contributed by atoms with Crippen LogP contribution in [0.25, 0.3) is 11.3 Å². The Morgan fingerprint density at radius 3 is 2.58 bits per heavy atom. The zero-order valence-corrected chi connectivity index (χ0v) is 14.7. The standard InChI is InChI=1S/C14H9BrF3N3O2S/c1-23-11-8(14(16,17)18)3-6(4-9(11)15)10-7(5-19)12(22)21-13(20-10)24-2/h3-4H,1-2H3,(H,20,21,22). The van der Waals surface area contributed by atoms with Gasteiger partial charge in [0.2, 0.25) is 0 Å². The summed E-state index contributed by atoms with van der Waals surface area (Å²) in [4.78, 5) is 18.4. The van der Waals surface area contributed by atoms with Crippen molar-refractivity contribution in [2.24, 2.45) is 0 Å². The van der Waals surface area contributed by atoms with Crippen molar-refractivity contribution in [3.63, 3.8) is 0 Å². The van der Waals surface area contributed by atoms with Gasteiger partial charge in [0.05, 0.1) is 22.8 Å². The molecule has 1 heterocycles. The Labute approximate surface area is 147 Å². The molecule has 0 saturated heterocycles. The number of nitrogens with one attached hydrogen (secondary N) is 1. The minimum Gasteiger partial charge on any atom is -0.495 e. The van der Waals surface area contributed by atoms with Gasteiger partial charge >= 0.3 is 6.18 Å². The molecular formula is C14H9BrF3N3O2S. The van der Waals surface area contributed by atoms with E-state index in [9.17, 15) is 18.0 Å². The maximum Gasteiger partial charge on any atom is 0.420 e. The first kappa shape index (κ1) is 18.4. The smallest absolute Gasteiger partial charge is 0.420 e. The highest BCUT2D eigenvalue weighted by molar-refractivity contribution is 9.10. The van der Waals surface area contributed by atoms with Crippen LogP contribution in [0.3, 0.4) is 0 Å². The number of H-pyrrole nitrogens is 1. The van der Waals surface area contributed by atoms with Crippen molar-refractivity contribution in [3.8, 4) is 23.1 Å². The minimum absolute atomic E-state index is 0.0204. The maximum atomic E-state index is 13.3. The van der Waals surface area contributed by atoms with Crippen LogP contribution in [0.2, 0.25) is 0 Å². The van der Waals surface area contributed by atoms with Crippen molar-refractivity contribution < 1.29 is 17.9 Å². The van der Waals surface area contributed by atoms with Crippen molar-refractivity contribution in [3.05, 3.63) is 38.1 Å². The molecule has 1 aromatic carbocycles. The summed E-state index contributed by atoms with van der Waals surface area (Å²) < 4.78 is 44.6. The molecule has 10 heteroatoms. The number of rotatable bonds is 3. The van der Waals surface area contributed by atoms with Gasteiger partial charge in [-0.1, -0.05) is 11.8 Å². The predicted octanol–water partition coefficient (Wildman–Crippen LogP) is 3.82. The molecule has 0 saturated carbocycles. The minimum atomic E-state index is -4.68. The Hall–Kier alpha value is -1.99. The SMILES string of the molecule is COc1c(Br)cc(-c2nc(SC)[nH]c(=O)c2C#N)cc1C(F)(F)F. The van der Waals surface area contributed by atoms with Crippen LogP contribution in [-0.2, 0) is 6.18 Å². The number of thioether (sulfide) groups is 1. The van der Waals surface area contributed by atoms with Crippen molar-refractivity contribution in [1.29, 1.82) is 5.26 Å². The Morgan fingerprint density at radius 2 is 2.08 bits per heavy atom. The fourth-order valence-corrected chi connectivity index (χ4v) is 3.01. The van der Waals surface area contributed by atoms with Crippen LogP contribution in [0.5, 0.6) is 5.75 Å². The van der Waals surface area contributed by atoms with Crippen LogP contribution < -0.4 is 10.3 Å². The number of hydrogen-bond acceptors (Lipinski definition) is 5. The molecule has 0 bridgehead atoms. The van der Waals surface area contributed by atoms with Gasteiger partial charge < -0.3 is 9.72 Å². The first-order chi connectivity index (χ1) is 11.2. The van der Waals surface area contributed by atoms with Crippen LogP contribution in [-0.4, -0.2) is 23.3 Å². The van der Waals surface area contributed by atoms with E-state index in [0.717, 1.165) is 24.9 Å². The molecule has 2 rings (SSSR count). The number of nitriles is 1. The number of nitrogens with zero attached hydrogens (tertiary/aromatic N) is 2. The van der Waals surface area contributed by atoms with E-state index < -0.39 is 17.3 Å². The first-order valence-electron chi connectivity index (χ1n) is 6.26.